The molecular weight excluding hydrogens is 677 g/mol. The average molecular weight is 729 g/mol. The molecule has 0 spiro atoms. The minimum atomic E-state index is -1.03. The molecule has 1 saturated heterocycles. The Kier molecular flexibility index (Phi) is 14.8. The van der Waals surface area contributed by atoms with Gasteiger partial charge in [-0.15, -0.1) is 12.4 Å². The van der Waals surface area contributed by atoms with Gasteiger partial charge in [0.05, 0.1) is 33.4 Å². The molecule has 0 bridgehead atoms. The standard InChI is InChI=1S/C39H50ClN3O6.ClH/c1-39(2,3)27-43-32-17-16-29(40)25-31(32)36(49-34(38(43)45)26-35(44)42-20-23-47-24-21-42)30-14-8-15-33(37(30)46-4)48-22-10-19-41-18-9-13-28-11-6-5-7-12-28;/h5-8,11-12,14-17,25,34,36,41H,9-10,13,18-24,26-27H2,1-4H3;1H. The molecule has 2 amide bonds. The van der Waals surface area contributed by atoms with Gasteiger partial charge in [-0.1, -0.05) is 74.8 Å². The number of rotatable bonds is 14. The number of hydrogen-bond acceptors (Lipinski definition) is 7. The van der Waals surface area contributed by atoms with Gasteiger partial charge in [0.2, 0.25) is 5.91 Å². The number of morpholine rings is 1. The molecule has 2 unspecified atom stereocenters. The Morgan fingerprint density at radius 3 is 2.44 bits per heavy atom. The predicted molar refractivity (Wildman–Crippen MR) is 200 cm³/mol. The first-order chi connectivity index (χ1) is 23.6. The van der Waals surface area contributed by atoms with E-state index in [1.165, 1.54) is 5.56 Å². The van der Waals surface area contributed by atoms with Crippen molar-refractivity contribution in [1.29, 1.82) is 0 Å². The molecule has 9 nitrogen and oxygen atoms in total. The first kappa shape index (κ1) is 39.4. The summed E-state index contributed by atoms with van der Waals surface area (Å²) in [4.78, 5) is 31.3. The average Bonchev–Trinajstić information content (AvgIpc) is 3.19. The molecule has 11 heteroatoms. The summed E-state index contributed by atoms with van der Waals surface area (Å²) in [5.41, 5.74) is 3.23. The Labute approximate surface area is 308 Å². The van der Waals surface area contributed by atoms with Gasteiger partial charge in [0, 0.05) is 41.5 Å². The number of aryl methyl sites for hydroxylation is 1. The van der Waals surface area contributed by atoms with E-state index in [1.54, 1.807) is 23.0 Å². The van der Waals surface area contributed by atoms with E-state index in [1.807, 2.05) is 36.4 Å². The van der Waals surface area contributed by atoms with Gasteiger partial charge in [0.25, 0.3) is 5.91 Å². The fourth-order valence-electron chi connectivity index (χ4n) is 6.32. The van der Waals surface area contributed by atoms with E-state index in [-0.39, 0.29) is 36.1 Å². The molecule has 272 valence electrons. The van der Waals surface area contributed by atoms with Crippen LogP contribution in [0.1, 0.15) is 62.8 Å². The van der Waals surface area contributed by atoms with Gasteiger partial charge in [-0.3, -0.25) is 9.59 Å². The highest BCUT2D eigenvalue weighted by molar-refractivity contribution is 6.30. The molecule has 0 aromatic heterocycles. The summed E-state index contributed by atoms with van der Waals surface area (Å²) in [6.45, 7) is 10.9. The third kappa shape index (κ3) is 10.6. The van der Waals surface area contributed by atoms with Crippen LogP contribution in [-0.2, 0) is 25.5 Å². The highest BCUT2D eigenvalue weighted by Crippen LogP contribution is 2.45. The van der Waals surface area contributed by atoms with Crippen LogP contribution in [-0.4, -0.2) is 82.5 Å². The van der Waals surface area contributed by atoms with E-state index in [4.69, 9.17) is 30.5 Å². The minimum Gasteiger partial charge on any atom is -0.492 e. The molecule has 1 N–H and O–H groups in total. The van der Waals surface area contributed by atoms with Crippen LogP contribution in [0.5, 0.6) is 11.5 Å². The number of methoxy groups -OCH3 is 1. The first-order valence-electron chi connectivity index (χ1n) is 17.3. The van der Waals surface area contributed by atoms with Gasteiger partial charge in [-0.05, 0) is 67.6 Å². The molecule has 2 aliphatic heterocycles. The van der Waals surface area contributed by atoms with Crippen molar-refractivity contribution in [2.24, 2.45) is 5.41 Å². The Morgan fingerprint density at radius 2 is 1.72 bits per heavy atom. The van der Waals surface area contributed by atoms with Crippen molar-refractivity contribution in [1.82, 2.24) is 10.2 Å². The highest BCUT2D eigenvalue weighted by atomic mass is 35.5. The quantitative estimate of drug-likeness (QED) is 0.181. The maximum atomic E-state index is 14.3. The number of anilines is 1. The van der Waals surface area contributed by atoms with Crippen LogP contribution in [0.4, 0.5) is 5.69 Å². The zero-order valence-corrected chi connectivity index (χ0v) is 31.2. The van der Waals surface area contributed by atoms with Crippen molar-refractivity contribution in [3.05, 3.63) is 88.4 Å². The number of nitrogens with zero attached hydrogens (tertiary/aromatic N) is 2. The van der Waals surface area contributed by atoms with Crippen molar-refractivity contribution in [3.8, 4) is 11.5 Å². The molecule has 0 saturated carbocycles. The Morgan fingerprint density at radius 1 is 0.980 bits per heavy atom. The van der Waals surface area contributed by atoms with Crippen LogP contribution in [0, 0.1) is 5.41 Å². The van der Waals surface area contributed by atoms with E-state index < -0.39 is 12.2 Å². The summed E-state index contributed by atoms with van der Waals surface area (Å²) < 4.78 is 24.4. The number of carbonyl (C=O) groups excluding carboxylic acids is 2. The van der Waals surface area contributed by atoms with Crippen LogP contribution in [0.3, 0.4) is 0 Å². The smallest absolute Gasteiger partial charge is 0.256 e. The first-order valence-corrected chi connectivity index (χ1v) is 17.7. The molecule has 2 aliphatic rings. The molecule has 1 fully saturated rings. The van der Waals surface area contributed by atoms with Gasteiger partial charge in [-0.2, -0.15) is 0 Å². The Balaban J connectivity index is 0.00000562. The predicted octanol–water partition coefficient (Wildman–Crippen LogP) is 6.88. The summed E-state index contributed by atoms with van der Waals surface area (Å²) in [5, 5.41) is 4.02. The molecular formula is C39H51Cl2N3O6. The maximum Gasteiger partial charge on any atom is 0.256 e. The normalized spacial score (nSPS) is 17.8. The van der Waals surface area contributed by atoms with E-state index in [2.05, 4.69) is 50.4 Å². The van der Waals surface area contributed by atoms with Crippen LogP contribution in [0.2, 0.25) is 5.02 Å². The Hall–Kier alpha value is -3.34. The third-order valence-corrected chi connectivity index (χ3v) is 8.91. The van der Waals surface area contributed by atoms with Crippen LogP contribution in [0.25, 0.3) is 0 Å². The van der Waals surface area contributed by atoms with E-state index in [9.17, 15) is 9.59 Å². The monoisotopic (exact) mass is 727 g/mol. The van der Waals surface area contributed by atoms with Crippen molar-refractivity contribution >= 4 is 41.5 Å². The number of halogens is 2. The zero-order chi connectivity index (χ0) is 34.8. The largest absolute Gasteiger partial charge is 0.492 e. The summed E-state index contributed by atoms with van der Waals surface area (Å²) in [7, 11) is 1.60. The van der Waals surface area contributed by atoms with Gasteiger partial charge in [0.1, 0.15) is 12.2 Å². The number of ether oxygens (including phenoxy) is 4. The van der Waals surface area contributed by atoms with Gasteiger partial charge in [-0.25, -0.2) is 0 Å². The Bertz CT molecular complexity index is 1540. The summed E-state index contributed by atoms with van der Waals surface area (Å²) in [6.07, 6.45) is 1.06. The number of hydrogen-bond donors (Lipinski definition) is 1. The van der Waals surface area contributed by atoms with Crippen molar-refractivity contribution < 1.29 is 28.5 Å². The summed E-state index contributed by atoms with van der Waals surface area (Å²) in [6, 6.07) is 21.7. The van der Waals surface area contributed by atoms with Crippen LogP contribution < -0.4 is 19.7 Å². The van der Waals surface area contributed by atoms with Gasteiger partial charge >= 0.3 is 0 Å². The lowest BCUT2D eigenvalue weighted by Gasteiger charge is -2.32. The van der Waals surface area contributed by atoms with Gasteiger partial charge < -0.3 is 34.1 Å². The molecule has 2 atom stereocenters. The van der Waals surface area contributed by atoms with Crippen LogP contribution >= 0.6 is 24.0 Å². The lowest BCUT2D eigenvalue weighted by atomic mass is 9.94. The number of fused-ring (bicyclic) bond motifs is 1. The third-order valence-electron chi connectivity index (χ3n) is 8.67. The highest BCUT2D eigenvalue weighted by Gasteiger charge is 2.40. The molecule has 2 heterocycles. The number of benzene rings is 3. The van der Waals surface area contributed by atoms with Crippen molar-refractivity contribution in [2.45, 2.75) is 58.7 Å². The number of amides is 2. The molecule has 5 rings (SSSR count). The molecule has 3 aromatic carbocycles. The maximum absolute atomic E-state index is 14.3. The number of nitrogens with one attached hydrogen (secondary N) is 1. The second-order valence-corrected chi connectivity index (χ2v) is 14.2. The summed E-state index contributed by atoms with van der Waals surface area (Å²) >= 11 is 6.59. The molecule has 3 aromatic rings. The lowest BCUT2D eigenvalue weighted by Crippen LogP contribution is -2.47. The number of para-hydroxylation sites is 1. The fourth-order valence-corrected chi connectivity index (χ4v) is 6.50. The van der Waals surface area contributed by atoms with E-state index in [0.29, 0.717) is 67.2 Å². The van der Waals surface area contributed by atoms with E-state index in [0.717, 1.165) is 37.9 Å². The minimum absolute atomic E-state index is 0. The van der Waals surface area contributed by atoms with Crippen LogP contribution in [0.15, 0.2) is 66.7 Å². The SMILES string of the molecule is COc1c(OCCCNCCCc2ccccc2)cccc1C1OC(CC(=O)N2CCOCC2)C(=O)N(CC(C)(C)C)c2ccc(Cl)cc21.Cl. The molecule has 0 radical (unpaired) electrons. The topological polar surface area (TPSA) is 89.6 Å². The van der Waals surface area contributed by atoms with Gasteiger partial charge in [0.15, 0.2) is 11.5 Å². The zero-order valence-electron chi connectivity index (χ0n) is 29.6. The molecule has 50 heavy (non-hydrogen) atoms. The van der Waals surface area contributed by atoms with Crippen molar-refractivity contribution in [3.63, 3.8) is 0 Å². The fraction of sp³-hybridized carbons (Fsp3) is 0.487. The van der Waals surface area contributed by atoms with Crippen molar-refractivity contribution in [2.75, 3.05) is 64.6 Å². The lowest BCUT2D eigenvalue weighted by molar-refractivity contribution is -0.145. The summed E-state index contributed by atoms with van der Waals surface area (Å²) in [5.74, 6) is 0.701. The number of carbonyl (C=O) groups is 2. The second-order valence-electron chi connectivity index (χ2n) is 13.8. The molecule has 0 aliphatic carbocycles. The second kappa shape index (κ2) is 18.8. The van der Waals surface area contributed by atoms with E-state index >= 15 is 0 Å².